The lowest BCUT2D eigenvalue weighted by atomic mass is 9.60. The quantitative estimate of drug-likeness (QED) is 0.489. The van der Waals surface area contributed by atoms with E-state index in [0.717, 1.165) is 11.8 Å². The zero-order valence-corrected chi connectivity index (χ0v) is 15.5. The SMILES string of the molecule is CC(C)CC(CC(C)C)(CC(C)(C)C)CC(C)(C)C. The molecule has 0 rings (SSSR count). The van der Waals surface area contributed by atoms with Crippen molar-refractivity contribution < 1.29 is 0 Å². The van der Waals surface area contributed by atoms with E-state index in [1.165, 1.54) is 25.7 Å². The van der Waals surface area contributed by atoms with Gasteiger partial charge in [-0.3, -0.25) is 0 Å². The van der Waals surface area contributed by atoms with Crippen molar-refractivity contribution in [2.24, 2.45) is 28.1 Å². The Bertz CT molecular complexity index is 216. The highest BCUT2D eigenvalue weighted by Gasteiger charge is 2.38. The second-order valence-electron chi connectivity index (χ2n) is 10.2. The monoisotopic (exact) mass is 268 g/mol. The van der Waals surface area contributed by atoms with Gasteiger partial charge in [-0.2, -0.15) is 0 Å². The fourth-order valence-corrected chi connectivity index (χ4v) is 4.42. The molecule has 0 atom stereocenters. The van der Waals surface area contributed by atoms with Gasteiger partial charge in [0.2, 0.25) is 0 Å². The molecule has 0 aliphatic heterocycles. The lowest BCUT2D eigenvalue weighted by Gasteiger charge is -2.45. The van der Waals surface area contributed by atoms with Gasteiger partial charge in [-0.15, -0.1) is 0 Å². The van der Waals surface area contributed by atoms with Crippen LogP contribution < -0.4 is 0 Å². The molecule has 19 heavy (non-hydrogen) atoms. The number of rotatable bonds is 6. The zero-order chi connectivity index (χ0) is 15.5. The fraction of sp³-hybridized carbons (Fsp3) is 1.00. The van der Waals surface area contributed by atoms with Crippen LogP contribution >= 0.6 is 0 Å². The summed E-state index contributed by atoms with van der Waals surface area (Å²) in [7, 11) is 0. The van der Waals surface area contributed by atoms with E-state index in [4.69, 9.17) is 0 Å². The van der Waals surface area contributed by atoms with Crippen molar-refractivity contribution in [3.05, 3.63) is 0 Å². The normalized spacial score (nSPS) is 14.5. The molecule has 0 amide bonds. The van der Waals surface area contributed by atoms with Crippen molar-refractivity contribution in [2.45, 2.75) is 94.9 Å². The topological polar surface area (TPSA) is 0 Å². The summed E-state index contributed by atoms with van der Waals surface area (Å²) in [5.74, 6) is 1.59. The standard InChI is InChI=1S/C19H40/c1-15(2)11-19(12-16(3)4,13-17(5,6)7)14-18(8,9)10/h15-16H,11-14H2,1-10H3. The van der Waals surface area contributed by atoms with Gasteiger partial charge in [0.1, 0.15) is 0 Å². The maximum atomic E-state index is 2.41. The van der Waals surface area contributed by atoms with Crippen LogP contribution in [0.2, 0.25) is 0 Å². The highest BCUT2D eigenvalue weighted by atomic mass is 14.4. The maximum absolute atomic E-state index is 2.41. The lowest BCUT2D eigenvalue weighted by Crippen LogP contribution is -2.34. The molecule has 0 saturated carbocycles. The molecule has 0 aromatic carbocycles. The van der Waals surface area contributed by atoms with Gasteiger partial charge in [-0.1, -0.05) is 69.2 Å². The van der Waals surface area contributed by atoms with Crippen LogP contribution in [0.5, 0.6) is 0 Å². The largest absolute Gasteiger partial charge is 0.0628 e. The average molecular weight is 269 g/mol. The molecule has 0 aromatic heterocycles. The van der Waals surface area contributed by atoms with Crippen LogP contribution in [0.15, 0.2) is 0 Å². The molecule has 0 unspecified atom stereocenters. The zero-order valence-electron chi connectivity index (χ0n) is 15.5. The Kier molecular flexibility index (Phi) is 6.64. The first-order chi connectivity index (χ1) is 8.25. The van der Waals surface area contributed by atoms with Gasteiger partial charge >= 0.3 is 0 Å². The molecular weight excluding hydrogens is 228 g/mol. The van der Waals surface area contributed by atoms with Gasteiger partial charge in [0.05, 0.1) is 0 Å². The second-order valence-corrected chi connectivity index (χ2v) is 10.2. The molecule has 0 bridgehead atoms. The van der Waals surface area contributed by atoms with Crippen molar-refractivity contribution in [3.8, 4) is 0 Å². The van der Waals surface area contributed by atoms with Crippen molar-refractivity contribution in [3.63, 3.8) is 0 Å². The van der Waals surface area contributed by atoms with Crippen molar-refractivity contribution in [1.82, 2.24) is 0 Å². The Morgan fingerprint density at radius 1 is 0.579 bits per heavy atom. The lowest BCUT2D eigenvalue weighted by molar-refractivity contribution is 0.0586. The van der Waals surface area contributed by atoms with E-state index in [1.807, 2.05) is 0 Å². The van der Waals surface area contributed by atoms with Crippen molar-refractivity contribution in [1.29, 1.82) is 0 Å². The molecule has 0 spiro atoms. The van der Waals surface area contributed by atoms with Crippen molar-refractivity contribution in [2.75, 3.05) is 0 Å². The summed E-state index contributed by atoms with van der Waals surface area (Å²) in [4.78, 5) is 0. The Balaban J connectivity index is 5.31. The molecule has 0 radical (unpaired) electrons. The molecule has 0 heterocycles. The molecular formula is C19H40. The minimum Gasteiger partial charge on any atom is -0.0628 e. The highest BCUT2D eigenvalue weighted by Crippen LogP contribution is 2.49. The van der Waals surface area contributed by atoms with Gasteiger partial charge in [-0.25, -0.2) is 0 Å². The Morgan fingerprint density at radius 3 is 1.00 bits per heavy atom. The van der Waals surface area contributed by atoms with Gasteiger partial charge in [-0.05, 0) is 53.8 Å². The van der Waals surface area contributed by atoms with Crippen LogP contribution in [-0.4, -0.2) is 0 Å². The first-order valence-electron chi connectivity index (χ1n) is 8.25. The minimum absolute atomic E-state index is 0.426. The summed E-state index contributed by atoms with van der Waals surface area (Å²) in [6.45, 7) is 24.0. The summed E-state index contributed by atoms with van der Waals surface area (Å²) < 4.78 is 0. The van der Waals surface area contributed by atoms with Crippen LogP contribution in [-0.2, 0) is 0 Å². The third-order valence-electron chi connectivity index (χ3n) is 3.49. The van der Waals surface area contributed by atoms with Gasteiger partial charge in [0.25, 0.3) is 0 Å². The molecule has 0 fully saturated rings. The Hall–Kier alpha value is 0. The van der Waals surface area contributed by atoms with Gasteiger partial charge < -0.3 is 0 Å². The second kappa shape index (κ2) is 6.64. The van der Waals surface area contributed by atoms with Crippen LogP contribution in [0.25, 0.3) is 0 Å². The Labute approximate surface area is 123 Å². The first-order valence-corrected chi connectivity index (χ1v) is 8.25. The number of hydrogen-bond acceptors (Lipinski definition) is 0. The van der Waals surface area contributed by atoms with E-state index in [2.05, 4.69) is 69.2 Å². The summed E-state index contributed by atoms with van der Waals surface area (Å²) in [5, 5.41) is 0. The summed E-state index contributed by atoms with van der Waals surface area (Å²) in [6, 6.07) is 0. The van der Waals surface area contributed by atoms with Crippen LogP contribution in [0.3, 0.4) is 0 Å². The van der Waals surface area contributed by atoms with Gasteiger partial charge in [0.15, 0.2) is 0 Å². The fourth-order valence-electron chi connectivity index (χ4n) is 4.42. The first kappa shape index (κ1) is 19.0. The molecule has 0 aromatic rings. The van der Waals surface area contributed by atoms with E-state index in [0.29, 0.717) is 16.2 Å². The molecule has 0 heteroatoms. The van der Waals surface area contributed by atoms with E-state index < -0.39 is 0 Å². The molecule has 0 aliphatic carbocycles. The maximum Gasteiger partial charge on any atom is -0.0283 e. The smallest absolute Gasteiger partial charge is 0.0283 e. The molecule has 116 valence electrons. The average Bonchev–Trinajstić information content (AvgIpc) is 1.89. The predicted octanol–water partition coefficient (Wildman–Crippen LogP) is 6.94. The molecule has 0 nitrogen and oxygen atoms in total. The summed E-state index contributed by atoms with van der Waals surface area (Å²) in [6.07, 6.45) is 5.46. The number of hydrogen-bond donors (Lipinski definition) is 0. The highest BCUT2D eigenvalue weighted by molar-refractivity contribution is 4.89. The van der Waals surface area contributed by atoms with E-state index in [1.54, 1.807) is 0 Å². The van der Waals surface area contributed by atoms with Gasteiger partial charge in [0, 0.05) is 0 Å². The molecule has 0 N–H and O–H groups in total. The summed E-state index contributed by atoms with van der Waals surface area (Å²) >= 11 is 0. The van der Waals surface area contributed by atoms with Crippen LogP contribution in [0, 0.1) is 28.1 Å². The van der Waals surface area contributed by atoms with Crippen molar-refractivity contribution >= 4 is 0 Å². The van der Waals surface area contributed by atoms with E-state index in [-0.39, 0.29) is 0 Å². The third kappa shape index (κ3) is 9.52. The minimum atomic E-state index is 0.426. The van der Waals surface area contributed by atoms with E-state index in [9.17, 15) is 0 Å². The third-order valence-corrected chi connectivity index (χ3v) is 3.49. The summed E-state index contributed by atoms with van der Waals surface area (Å²) in [5.41, 5.74) is 1.36. The molecule has 0 saturated heterocycles. The molecule has 0 aliphatic rings. The Morgan fingerprint density at radius 2 is 0.842 bits per heavy atom. The van der Waals surface area contributed by atoms with Crippen LogP contribution in [0.1, 0.15) is 94.9 Å². The predicted molar refractivity (Wildman–Crippen MR) is 89.5 cm³/mol. The van der Waals surface area contributed by atoms with Crippen LogP contribution in [0.4, 0.5) is 0 Å². The van der Waals surface area contributed by atoms with E-state index >= 15 is 0 Å².